The van der Waals surface area contributed by atoms with Crippen molar-refractivity contribution in [1.82, 2.24) is 9.88 Å². The van der Waals surface area contributed by atoms with Gasteiger partial charge in [-0.05, 0) is 38.5 Å². The number of aromatic nitrogens is 1. The van der Waals surface area contributed by atoms with Crippen molar-refractivity contribution < 1.29 is 18.7 Å². The molecule has 1 amide bonds. The lowest BCUT2D eigenvalue weighted by Crippen LogP contribution is -2.49. The quantitative estimate of drug-likeness (QED) is 0.837. The van der Waals surface area contributed by atoms with Crippen LogP contribution >= 0.6 is 0 Å². The number of nitrogens with zero attached hydrogens (tertiary/aromatic N) is 2. The predicted octanol–water partition coefficient (Wildman–Crippen LogP) is 2.91. The summed E-state index contributed by atoms with van der Waals surface area (Å²) in [5.74, 6) is -0.835. The average Bonchev–Trinajstić information content (AvgIpc) is 2.96. The van der Waals surface area contributed by atoms with Gasteiger partial charge >= 0.3 is 5.97 Å². The normalized spacial score (nSPS) is 14.4. The second kappa shape index (κ2) is 7.82. The van der Waals surface area contributed by atoms with Gasteiger partial charge in [0.05, 0.1) is 17.9 Å². The van der Waals surface area contributed by atoms with E-state index in [0.29, 0.717) is 54.4 Å². The minimum Gasteiger partial charge on any atom is -0.462 e. The molecule has 0 radical (unpaired) electrons. The number of rotatable bonds is 4. The Morgan fingerprint density at radius 2 is 1.81 bits per heavy atom. The Bertz CT molecular complexity index is 854. The Balaban J connectivity index is 1.72. The van der Waals surface area contributed by atoms with Gasteiger partial charge in [-0.25, -0.2) is 9.18 Å². The van der Waals surface area contributed by atoms with Crippen LogP contribution in [0.2, 0.25) is 0 Å². The third kappa shape index (κ3) is 3.67. The summed E-state index contributed by atoms with van der Waals surface area (Å²) in [6.45, 7) is 7.61. The lowest BCUT2D eigenvalue weighted by Gasteiger charge is -2.36. The Morgan fingerprint density at radius 3 is 2.44 bits per heavy atom. The first kappa shape index (κ1) is 18.9. The molecule has 0 bridgehead atoms. The molecular weight excluding hydrogens is 349 g/mol. The van der Waals surface area contributed by atoms with Crippen LogP contribution in [0.5, 0.6) is 0 Å². The molecule has 2 heterocycles. The molecule has 0 saturated carbocycles. The van der Waals surface area contributed by atoms with E-state index in [1.54, 1.807) is 43.9 Å². The van der Waals surface area contributed by atoms with Crippen molar-refractivity contribution in [1.29, 1.82) is 0 Å². The Morgan fingerprint density at radius 1 is 1.15 bits per heavy atom. The summed E-state index contributed by atoms with van der Waals surface area (Å²) >= 11 is 0. The summed E-state index contributed by atoms with van der Waals surface area (Å²) in [4.78, 5) is 31.8. The van der Waals surface area contributed by atoms with Crippen LogP contribution in [0, 0.1) is 19.7 Å². The van der Waals surface area contributed by atoms with Crippen molar-refractivity contribution in [2.24, 2.45) is 0 Å². The molecule has 2 aromatic rings. The molecule has 1 aliphatic heterocycles. The van der Waals surface area contributed by atoms with Crippen LogP contribution in [-0.2, 0) is 4.74 Å². The molecule has 1 saturated heterocycles. The van der Waals surface area contributed by atoms with Gasteiger partial charge in [0.15, 0.2) is 0 Å². The lowest BCUT2D eigenvalue weighted by molar-refractivity contribution is 0.0525. The Hall–Kier alpha value is -2.83. The van der Waals surface area contributed by atoms with E-state index in [0.717, 1.165) is 0 Å². The second-order valence-electron chi connectivity index (χ2n) is 6.58. The second-order valence-corrected chi connectivity index (χ2v) is 6.58. The number of aromatic amines is 1. The van der Waals surface area contributed by atoms with Gasteiger partial charge < -0.3 is 19.5 Å². The largest absolute Gasteiger partial charge is 0.462 e. The number of halogens is 1. The fourth-order valence-corrected chi connectivity index (χ4v) is 3.49. The molecule has 7 heteroatoms. The zero-order valence-electron chi connectivity index (χ0n) is 15.8. The molecular formula is C20H24FN3O3. The number of anilines is 1. The first-order valence-corrected chi connectivity index (χ1v) is 9.09. The van der Waals surface area contributed by atoms with Gasteiger partial charge in [-0.1, -0.05) is 12.1 Å². The number of para-hydroxylation sites is 1. The van der Waals surface area contributed by atoms with Crippen LogP contribution in [0.25, 0.3) is 0 Å². The summed E-state index contributed by atoms with van der Waals surface area (Å²) < 4.78 is 19.0. The molecule has 144 valence electrons. The third-order valence-corrected chi connectivity index (χ3v) is 4.89. The van der Waals surface area contributed by atoms with E-state index in [-0.39, 0.29) is 18.3 Å². The monoisotopic (exact) mass is 373 g/mol. The molecule has 0 atom stereocenters. The van der Waals surface area contributed by atoms with Gasteiger partial charge in [0.25, 0.3) is 5.91 Å². The molecule has 6 nitrogen and oxygen atoms in total. The van der Waals surface area contributed by atoms with E-state index in [1.165, 1.54) is 6.07 Å². The molecule has 0 spiro atoms. The van der Waals surface area contributed by atoms with Gasteiger partial charge in [0.1, 0.15) is 11.5 Å². The van der Waals surface area contributed by atoms with Crippen molar-refractivity contribution in [3.8, 4) is 0 Å². The van der Waals surface area contributed by atoms with E-state index in [9.17, 15) is 14.0 Å². The van der Waals surface area contributed by atoms with Crippen molar-refractivity contribution in [3.05, 3.63) is 52.6 Å². The number of ether oxygens (including phenoxy) is 1. The summed E-state index contributed by atoms with van der Waals surface area (Å²) in [5.41, 5.74) is 2.62. The molecule has 1 aromatic carbocycles. The van der Waals surface area contributed by atoms with Crippen LogP contribution < -0.4 is 4.90 Å². The Kier molecular flexibility index (Phi) is 5.48. The predicted molar refractivity (Wildman–Crippen MR) is 101 cm³/mol. The average molecular weight is 373 g/mol. The SMILES string of the molecule is CCOC(=O)c1c(C)[nH]c(C(=O)N2CCN(c3ccccc3F)CC2)c1C. The number of amides is 1. The number of H-pyrrole nitrogens is 1. The van der Waals surface area contributed by atoms with Crippen molar-refractivity contribution in [2.45, 2.75) is 20.8 Å². The number of aryl methyl sites for hydroxylation is 1. The summed E-state index contributed by atoms with van der Waals surface area (Å²) in [5, 5.41) is 0. The van der Waals surface area contributed by atoms with Crippen molar-refractivity contribution in [2.75, 3.05) is 37.7 Å². The van der Waals surface area contributed by atoms with Crippen molar-refractivity contribution in [3.63, 3.8) is 0 Å². The van der Waals surface area contributed by atoms with E-state index in [1.807, 2.05) is 4.90 Å². The zero-order chi connectivity index (χ0) is 19.6. The summed E-state index contributed by atoms with van der Waals surface area (Å²) in [6, 6.07) is 6.65. The Labute approximate surface area is 157 Å². The number of hydrogen-bond donors (Lipinski definition) is 1. The molecule has 3 rings (SSSR count). The fraction of sp³-hybridized carbons (Fsp3) is 0.400. The highest BCUT2D eigenvalue weighted by Crippen LogP contribution is 2.23. The molecule has 1 aromatic heterocycles. The lowest BCUT2D eigenvalue weighted by atomic mass is 10.1. The number of carbonyl (C=O) groups excluding carboxylic acids is 2. The number of benzene rings is 1. The number of piperazine rings is 1. The highest BCUT2D eigenvalue weighted by molar-refractivity contribution is 6.00. The molecule has 27 heavy (non-hydrogen) atoms. The minimum absolute atomic E-state index is 0.153. The molecule has 0 aliphatic carbocycles. The maximum Gasteiger partial charge on any atom is 0.340 e. The third-order valence-electron chi connectivity index (χ3n) is 4.89. The standard InChI is InChI=1S/C20H24FN3O3/c1-4-27-20(26)17-13(2)18(22-14(17)3)19(25)24-11-9-23(10-12-24)16-8-6-5-7-15(16)21/h5-8,22H,4,9-12H2,1-3H3. The van der Waals surface area contributed by atoms with Crippen LogP contribution in [0.3, 0.4) is 0 Å². The maximum absolute atomic E-state index is 14.0. The molecule has 1 aliphatic rings. The fourth-order valence-electron chi connectivity index (χ4n) is 3.49. The van der Waals surface area contributed by atoms with Crippen molar-refractivity contribution >= 4 is 17.6 Å². The number of esters is 1. The maximum atomic E-state index is 14.0. The van der Waals surface area contributed by atoms with E-state index in [2.05, 4.69) is 4.98 Å². The van der Waals surface area contributed by atoms with E-state index < -0.39 is 5.97 Å². The van der Waals surface area contributed by atoms with Gasteiger partial charge in [0, 0.05) is 31.9 Å². The van der Waals surface area contributed by atoms with Gasteiger partial charge in [-0.3, -0.25) is 4.79 Å². The number of carbonyl (C=O) groups is 2. The smallest absolute Gasteiger partial charge is 0.340 e. The van der Waals surface area contributed by atoms with Crippen LogP contribution in [-0.4, -0.2) is 54.5 Å². The first-order valence-electron chi connectivity index (χ1n) is 9.09. The highest BCUT2D eigenvalue weighted by atomic mass is 19.1. The van der Waals surface area contributed by atoms with E-state index >= 15 is 0 Å². The molecule has 1 fully saturated rings. The molecule has 0 unspecified atom stereocenters. The van der Waals surface area contributed by atoms with Crippen LogP contribution in [0.15, 0.2) is 24.3 Å². The van der Waals surface area contributed by atoms with Gasteiger partial charge in [0.2, 0.25) is 0 Å². The van der Waals surface area contributed by atoms with Gasteiger partial charge in [-0.15, -0.1) is 0 Å². The topological polar surface area (TPSA) is 65.6 Å². The summed E-state index contributed by atoms with van der Waals surface area (Å²) in [6.07, 6.45) is 0. The number of hydrogen-bond acceptors (Lipinski definition) is 4. The van der Waals surface area contributed by atoms with Crippen LogP contribution in [0.4, 0.5) is 10.1 Å². The first-order chi connectivity index (χ1) is 12.9. The number of nitrogens with one attached hydrogen (secondary N) is 1. The minimum atomic E-state index is -0.424. The summed E-state index contributed by atoms with van der Waals surface area (Å²) in [7, 11) is 0. The zero-order valence-corrected chi connectivity index (χ0v) is 15.8. The van der Waals surface area contributed by atoms with Gasteiger partial charge in [-0.2, -0.15) is 0 Å². The molecule has 1 N–H and O–H groups in total. The highest BCUT2D eigenvalue weighted by Gasteiger charge is 2.28. The van der Waals surface area contributed by atoms with E-state index in [4.69, 9.17) is 4.74 Å². The van der Waals surface area contributed by atoms with Crippen LogP contribution in [0.1, 0.15) is 39.0 Å².